The summed E-state index contributed by atoms with van der Waals surface area (Å²) >= 11 is 0. The van der Waals surface area contributed by atoms with Crippen molar-refractivity contribution >= 4 is 50.2 Å². The average molecular weight is 678 g/mol. The summed E-state index contributed by atoms with van der Waals surface area (Å²) < 4.78 is 0. The van der Waals surface area contributed by atoms with Crippen LogP contribution >= 0.6 is 0 Å². The van der Waals surface area contributed by atoms with Gasteiger partial charge in [-0.3, -0.25) is 0 Å². The fraction of sp³-hybridized carbons (Fsp3) is 0.0606. The Morgan fingerprint density at radius 1 is 0.553 bits per heavy atom. The molecule has 0 fully saturated rings. The maximum Gasteiger partial charge on any atom is 0.0366 e. The van der Waals surface area contributed by atoms with Crippen LogP contribution in [0.4, 0.5) is 28.4 Å². The molecule has 0 saturated carbocycles. The van der Waals surface area contributed by atoms with Crippen LogP contribution in [0.5, 0.6) is 0 Å². The molecule has 5 aromatic carbocycles. The number of nitrogens with zero attached hydrogens (tertiary/aromatic N) is 4. The van der Waals surface area contributed by atoms with Crippen LogP contribution in [-0.4, -0.2) is 14.1 Å². The molecule has 5 heteroatoms. The summed E-state index contributed by atoms with van der Waals surface area (Å²) in [6.45, 7) is 2.15. The monoisotopic (exact) mass is 677 g/mol. The molecular weight excluding hydrogens is 649 g/mol. The predicted octanol–water partition coefficient (Wildman–Crippen LogP) is 8.11. The van der Waals surface area contributed by atoms with Crippen LogP contribution in [0.25, 0.3) is 21.8 Å². The van der Waals surface area contributed by atoms with Crippen LogP contribution in [0.15, 0.2) is 127 Å². The average Bonchev–Trinajstić information content (AvgIpc) is 3.53. The van der Waals surface area contributed by atoms with Gasteiger partial charge in [0.2, 0.25) is 0 Å². The Hall–Kier alpha value is -3.96. The van der Waals surface area contributed by atoms with E-state index >= 15 is 0 Å². The van der Waals surface area contributed by atoms with Gasteiger partial charge in [0.25, 0.3) is 0 Å². The first-order chi connectivity index (χ1) is 18.2. The molecule has 0 spiro atoms. The van der Waals surface area contributed by atoms with E-state index in [1.807, 2.05) is 18.2 Å². The molecular formula is C33H28AuN4-2. The number of benzene rings is 5. The summed E-state index contributed by atoms with van der Waals surface area (Å²) in [5.41, 5.74) is 8.11. The quantitative estimate of drug-likeness (QED) is 0.140. The normalized spacial score (nSPS) is 12.1. The zero-order valence-electron chi connectivity index (χ0n) is 21.3. The minimum absolute atomic E-state index is 0. The van der Waals surface area contributed by atoms with Crippen molar-refractivity contribution < 1.29 is 22.4 Å². The SMILES string of the molecule is CN(C)c1ccc2[n-]c3ccccc3c2c1.[Au].c1ccc(N2[CH-]N(c3ccccc3)c3ccccc32)cc1. The van der Waals surface area contributed by atoms with Crippen molar-refractivity contribution in [2.24, 2.45) is 0 Å². The Kier molecular flexibility index (Phi) is 7.57. The number of aromatic nitrogens is 1. The number of rotatable bonds is 3. The van der Waals surface area contributed by atoms with E-state index in [0.717, 1.165) is 11.0 Å². The van der Waals surface area contributed by atoms with Gasteiger partial charge in [0, 0.05) is 64.9 Å². The van der Waals surface area contributed by atoms with Crippen LogP contribution in [-0.2, 0) is 22.4 Å². The van der Waals surface area contributed by atoms with E-state index in [9.17, 15) is 0 Å². The van der Waals surface area contributed by atoms with Gasteiger partial charge in [0.15, 0.2) is 0 Å². The van der Waals surface area contributed by atoms with Crippen molar-refractivity contribution in [1.29, 1.82) is 0 Å². The molecule has 1 aliphatic heterocycles. The molecule has 0 atom stereocenters. The number of para-hydroxylation sites is 5. The van der Waals surface area contributed by atoms with Gasteiger partial charge in [-0.25, -0.2) is 0 Å². The van der Waals surface area contributed by atoms with Gasteiger partial charge in [-0.15, -0.1) is 17.7 Å². The van der Waals surface area contributed by atoms with E-state index in [1.54, 1.807) is 0 Å². The molecule has 7 rings (SSSR count). The summed E-state index contributed by atoms with van der Waals surface area (Å²) in [6, 6.07) is 44.0. The zero-order valence-corrected chi connectivity index (χ0v) is 23.5. The second-order valence-electron chi connectivity index (χ2n) is 9.24. The first-order valence-corrected chi connectivity index (χ1v) is 12.4. The number of fused-ring (bicyclic) bond motifs is 4. The maximum absolute atomic E-state index is 4.60. The first-order valence-electron chi connectivity index (χ1n) is 12.4. The molecule has 4 nitrogen and oxygen atoms in total. The molecule has 0 amide bonds. The topological polar surface area (TPSA) is 23.8 Å². The minimum atomic E-state index is 0. The molecule has 1 aliphatic rings. The van der Waals surface area contributed by atoms with Crippen molar-refractivity contribution in [3.63, 3.8) is 0 Å². The van der Waals surface area contributed by atoms with E-state index in [4.69, 9.17) is 0 Å². The summed E-state index contributed by atoms with van der Waals surface area (Å²) in [4.78, 5) is 11.2. The fourth-order valence-corrected chi connectivity index (χ4v) is 4.74. The summed E-state index contributed by atoms with van der Waals surface area (Å²) in [6.07, 6.45) is 0. The third-order valence-corrected chi connectivity index (χ3v) is 6.63. The van der Waals surface area contributed by atoms with Crippen molar-refractivity contribution in [3.05, 3.63) is 134 Å². The van der Waals surface area contributed by atoms with Gasteiger partial charge in [0.05, 0.1) is 0 Å². The molecule has 1 aromatic heterocycles. The second kappa shape index (κ2) is 11.2. The van der Waals surface area contributed by atoms with Crippen molar-refractivity contribution in [2.75, 3.05) is 28.8 Å². The molecule has 193 valence electrons. The Labute approximate surface area is 239 Å². The molecule has 38 heavy (non-hydrogen) atoms. The third kappa shape index (κ3) is 4.94. The fourth-order valence-electron chi connectivity index (χ4n) is 4.74. The van der Waals surface area contributed by atoms with Gasteiger partial charge in [0.1, 0.15) is 0 Å². The van der Waals surface area contributed by atoms with Gasteiger partial charge in [-0.1, -0.05) is 78.9 Å². The zero-order chi connectivity index (χ0) is 25.2. The Balaban J connectivity index is 0.000000156. The molecule has 0 aliphatic carbocycles. The van der Waals surface area contributed by atoms with E-state index < -0.39 is 0 Å². The maximum atomic E-state index is 4.60. The van der Waals surface area contributed by atoms with Crippen LogP contribution in [0.1, 0.15) is 0 Å². The summed E-state index contributed by atoms with van der Waals surface area (Å²) in [5.74, 6) is 0. The largest absolute Gasteiger partial charge is 0.657 e. The van der Waals surface area contributed by atoms with E-state index in [-0.39, 0.29) is 22.4 Å². The summed E-state index contributed by atoms with van der Waals surface area (Å²) in [7, 11) is 4.11. The van der Waals surface area contributed by atoms with Gasteiger partial charge in [-0.2, -0.15) is 0 Å². The van der Waals surface area contributed by atoms with Crippen LogP contribution in [0.2, 0.25) is 0 Å². The van der Waals surface area contributed by atoms with Crippen LogP contribution in [0.3, 0.4) is 0 Å². The molecule has 0 bridgehead atoms. The Morgan fingerprint density at radius 2 is 1.05 bits per heavy atom. The van der Waals surface area contributed by atoms with Crippen LogP contribution < -0.4 is 19.7 Å². The summed E-state index contributed by atoms with van der Waals surface area (Å²) in [5, 5.41) is 2.48. The predicted molar refractivity (Wildman–Crippen MR) is 157 cm³/mol. The molecule has 2 heterocycles. The Morgan fingerprint density at radius 3 is 1.63 bits per heavy atom. The molecule has 6 aromatic rings. The van der Waals surface area contributed by atoms with E-state index in [1.165, 1.54) is 39.2 Å². The molecule has 0 unspecified atom stereocenters. The van der Waals surface area contributed by atoms with Crippen LogP contribution in [0, 0.1) is 6.67 Å². The second-order valence-corrected chi connectivity index (χ2v) is 9.24. The number of hydrogen-bond donors (Lipinski definition) is 0. The van der Waals surface area contributed by atoms with Gasteiger partial charge >= 0.3 is 0 Å². The Bertz CT molecular complexity index is 1580. The van der Waals surface area contributed by atoms with Gasteiger partial charge in [-0.05, 0) is 59.3 Å². The molecule has 1 radical (unpaired) electrons. The van der Waals surface area contributed by atoms with Crippen molar-refractivity contribution in [3.8, 4) is 0 Å². The standard InChI is InChI=1S/C19H15N2.C14H13N2.Au/c1-3-9-16(10-4-1)20-15-21(17-11-5-2-6-12-17)19-14-8-7-13-18(19)20;1-16(2)10-7-8-14-12(9-10)11-5-3-4-6-13(11)15-14;/h1-15H;3-9H,1-2H3;/q2*-1;. The number of anilines is 5. The molecule has 0 N–H and O–H groups in total. The van der Waals surface area contributed by atoms with Crippen molar-refractivity contribution in [1.82, 2.24) is 4.98 Å². The van der Waals surface area contributed by atoms with Gasteiger partial charge < -0.3 is 19.7 Å². The minimum Gasteiger partial charge on any atom is -0.657 e. The third-order valence-electron chi connectivity index (χ3n) is 6.63. The molecule has 0 saturated heterocycles. The number of hydrogen-bond acceptors (Lipinski definition) is 3. The smallest absolute Gasteiger partial charge is 0.0366 e. The van der Waals surface area contributed by atoms with E-state index in [0.29, 0.717) is 0 Å². The van der Waals surface area contributed by atoms with Crippen molar-refractivity contribution in [2.45, 2.75) is 0 Å². The van der Waals surface area contributed by atoms with E-state index in [2.05, 4.69) is 150 Å². The first kappa shape index (κ1) is 25.7.